The standard InChI is InChI=1S/C15H11ClN2O8S/c16-10-2-1-8(5-12(10)18(21)22)27(23,24)17-11-7-14-13(25-3-4-26-14)6-9(11)15(19)20/h1-2,5-7,17H,3-4H2,(H,19,20). The second-order valence-electron chi connectivity index (χ2n) is 5.32. The number of carboxylic acids is 1. The smallest absolute Gasteiger partial charge is 0.337 e. The van der Waals surface area contributed by atoms with Gasteiger partial charge in [-0.1, -0.05) is 11.6 Å². The van der Waals surface area contributed by atoms with E-state index < -0.39 is 31.5 Å². The van der Waals surface area contributed by atoms with Crippen molar-refractivity contribution in [3.8, 4) is 11.5 Å². The van der Waals surface area contributed by atoms with E-state index in [0.29, 0.717) is 0 Å². The van der Waals surface area contributed by atoms with Crippen LogP contribution in [0.4, 0.5) is 11.4 Å². The molecule has 0 unspecified atom stereocenters. The van der Waals surface area contributed by atoms with Crippen LogP contribution in [0.25, 0.3) is 0 Å². The van der Waals surface area contributed by atoms with Crippen molar-refractivity contribution in [1.82, 2.24) is 0 Å². The molecular weight excluding hydrogens is 404 g/mol. The Hall–Kier alpha value is -3.05. The first-order valence-corrected chi connectivity index (χ1v) is 9.19. The highest BCUT2D eigenvalue weighted by atomic mass is 35.5. The third-order valence-corrected chi connectivity index (χ3v) is 5.26. The first-order chi connectivity index (χ1) is 12.7. The summed E-state index contributed by atoms with van der Waals surface area (Å²) >= 11 is 5.68. The number of halogens is 1. The maximum Gasteiger partial charge on any atom is 0.337 e. The number of carboxylic acid groups (broad SMARTS) is 1. The maximum absolute atomic E-state index is 12.6. The molecule has 2 aromatic carbocycles. The molecule has 0 atom stereocenters. The maximum atomic E-state index is 12.6. The lowest BCUT2D eigenvalue weighted by Crippen LogP contribution is -2.19. The highest BCUT2D eigenvalue weighted by Gasteiger charge is 2.25. The van der Waals surface area contributed by atoms with E-state index in [0.717, 1.165) is 24.3 Å². The highest BCUT2D eigenvalue weighted by Crippen LogP contribution is 2.37. The molecule has 2 N–H and O–H groups in total. The summed E-state index contributed by atoms with van der Waals surface area (Å²) in [6, 6.07) is 5.23. The zero-order chi connectivity index (χ0) is 19.8. The molecule has 0 radical (unpaired) electrons. The Labute approximate surface area is 157 Å². The van der Waals surface area contributed by atoms with E-state index in [2.05, 4.69) is 4.72 Å². The molecule has 12 heteroatoms. The molecule has 142 valence electrons. The molecule has 1 aliphatic rings. The second kappa shape index (κ2) is 6.93. The van der Waals surface area contributed by atoms with Crippen molar-refractivity contribution in [1.29, 1.82) is 0 Å². The van der Waals surface area contributed by atoms with Crippen LogP contribution in [0.1, 0.15) is 10.4 Å². The third-order valence-electron chi connectivity index (χ3n) is 3.58. The number of aromatic carboxylic acids is 1. The van der Waals surface area contributed by atoms with Crippen LogP contribution in [0, 0.1) is 10.1 Å². The molecule has 3 rings (SSSR count). The van der Waals surface area contributed by atoms with E-state index >= 15 is 0 Å². The Balaban J connectivity index is 2.04. The molecule has 10 nitrogen and oxygen atoms in total. The minimum Gasteiger partial charge on any atom is -0.486 e. The lowest BCUT2D eigenvalue weighted by atomic mass is 10.1. The number of hydrogen-bond acceptors (Lipinski definition) is 7. The van der Waals surface area contributed by atoms with Crippen LogP contribution >= 0.6 is 11.6 Å². The van der Waals surface area contributed by atoms with Crippen molar-refractivity contribution >= 4 is 39.0 Å². The summed E-state index contributed by atoms with van der Waals surface area (Å²) in [5, 5.41) is 20.1. The summed E-state index contributed by atoms with van der Waals surface area (Å²) < 4.78 is 37.9. The number of sulfonamides is 1. The summed E-state index contributed by atoms with van der Waals surface area (Å²) in [6.45, 7) is 0.445. The average Bonchev–Trinajstić information content (AvgIpc) is 2.60. The van der Waals surface area contributed by atoms with E-state index in [1.54, 1.807) is 0 Å². The molecule has 0 saturated heterocycles. The molecule has 2 aromatic rings. The summed E-state index contributed by atoms with van der Waals surface area (Å²) in [5.74, 6) is -1.05. The largest absolute Gasteiger partial charge is 0.486 e. The van der Waals surface area contributed by atoms with Gasteiger partial charge in [-0.25, -0.2) is 13.2 Å². The Morgan fingerprint density at radius 3 is 2.41 bits per heavy atom. The molecule has 27 heavy (non-hydrogen) atoms. The monoisotopic (exact) mass is 414 g/mol. The van der Waals surface area contributed by atoms with Gasteiger partial charge >= 0.3 is 5.97 Å². The predicted octanol–water partition coefficient (Wildman–Crippen LogP) is 2.52. The molecule has 0 bridgehead atoms. The van der Waals surface area contributed by atoms with E-state index in [1.807, 2.05) is 0 Å². The topological polar surface area (TPSA) is 145 Å². The lowest BCUT2D eigenvalue weighted by Gasteiger charge is -2.20. The van der Waals surface area contributed by atoms with Crippen LogP contribution in [-0.2, 0) is 10.0 Å². The van der Waals surface area contributed by atoms with Gasteiger partial charge in [-0.2, -0.15) is 0 Å². The number of fused-ring (bicyclic) bond motifs is 1. The number of hydrogen-bond donors (Lipinski definition) is 2. The van der Waals surface area contributed by atoms with Crippen LogP contribution < -0.4 is 14.2 Å². The molecule has 0 aromatic heterocycles. The van der Waals surface area contributed by atoms with Gasteiger partial charge in [0.15, 0.2) is 11.5 Å². The van der Waals surface area contributed by atoms with Crippen molar-refractivity contribution in [2.75, 3.05) is 17.9 Å². The normalized spacial score (nSPS) is 13.1. The summed E-state index contributed by atoms with van der Waals surface area (Å²) in [6.07, 6.45) is 0. The van der Waals surface area contributed by atoms with Crippen LogP contribution in [-0.4, -0.2) is 37.6 Å². The van der Waals surface area contributed by atoms with Gasteiger partial charge in [0.05, 0.1) is 21.1 Å². The van der Waals surface area contributed by atoms with Gasteiger partial charge in [0, 0.05) is 18.2 Å². The third kappa shape index (κ3) is 3.73. The highest BCUT2D eigenvalue weighted by molar-refractivity contribution is 7.92. The quantitative estimate of drug-likeness (QED) is 0.560. The number of nitro groups is 1. The van der Waals surface area contributed by atoms with Crippen molar-refractivity contribution in [2.45, 2.75) is 4.90 Å². The lowest BCUT2D eigenvalue weighted by molar-refractivity contribution is -0.384. The fraction of sp³-hybridized carbons (Fsp3) is 0.133. The number of anilines is 1. The number of benzene rings is 2. The molecule has 0 spiro atoms. The Bertz CT molecular complexity index is 1050. The van der Waals surface area contributed by atoms with Gasteiger partial charge in [0.1, 0.15) is 18.2 Å². The van der Waals surface area contributed by atoms with E-state index in [1.165, 1.54) is 6.07 Å². The molecule has 0 saturated carbocycles. The summed E-state index contributed by atoms with van der Waals surface area (Å²) in [4.78, 5) is 21.2. The minimum absolute atomic E-state index is 0.170. The zero-order valence-electron chi connectivity index (χ0n) is 13.3. The Morgan fingerprint density at radius 2 is 1.81 bits per heavy atom. The SMILES string of the molecule is O=C(O)c1cc2c(cc1NS(=O)(=O)c1ccc(Cl)c([N+](=O)[O-])c1)OCCO2. The van der Waals surface area contributed by atoms with E-state index in [9.17, 15) is 28.4 Å². The van der Waals surface area contributed by atoms with Gasteiger partial charge in [0.2, 0.25) is 0 Å². The first kappa shape index (κ1) is 18.7. The van der Waals surface area contributed by atoms with E-state index in [-0.39, 0.29) is 41.0 Å². The minimum atomic E-state index is -4.34. The number of nitro benzene ring substituents is 1. The van der Waals surface area contributed by atoms with Crippen molar-refractivity contribution < 1.29 is 32.7 Å². The number of nitrogens with zero attached hydrogens (tertiary/aromatic N) is 1. The van der Waals surface area contributed by atoms with Crippen molar-refractivity contribution in [2.24, 2.45) is 0 Å². The van der Waals surface area contributed by atoms with Crippen LogP contribution in [0.15, 0.2) is 35.2 Å². The van der Waals surface area contributed by atoms with Crippen molar-refractivity contribution in [3.63, 3.8) is 0 Å². The van der Waals surface area contributed by atoms with Gasteiger partial charge in [-0.05, 0) is 12.1 Å². The molecular formula is C15H11ClN2O8S. The predicted molar refractivity (Wildman–Crippen MR) is 93.3 cm³/mol. The molecule has 0 aliphatic carbocycles. The number of rotatable bonds is 5. The Morgan fingerprint density at radius 1 is 1.19 bits per heavy atom. The first-order valence-electron chi connectivity index (χ1n) is 7.33. The molecule has 1 heterocycles. The fourth-order valence-electron chi connectivity index (χ4n) is 2.35. The number of ether oxygens (including phenoxy) is 2. The van der Waals surface area contributed by atoms with Crippen molar-refractivity contribution in [3.05, 3.63) is 51.0 Å². The zero-order valence-corrected chi connectivity index (χ0v) is 14.9. The van der Waals surface area contributed by atoms with Crippen LogP contribution in [0.5, 0.6) is 11.5 Å². The fourth-order valence-corrected chi connectivity index (χ4v) is 3.63. The van der Waals surface area contributed by atoms with Gasteiger partial charge < -0.3 is 14.6 Å². The van der Waals surface area contributed by atoms with Gasteiger partial charge in [-0.3, -0.25) is 14.8 Å². The number of carbonyl (C=O) groups is 1. The average molecular weight is 415 g/mol. The summed E-state index contributed by atoms with van der Waals surface area (Å²) in [7, 11) is -4.34. The van der Waals surface area contributed by atoms with Gasteiger partial charge in [0.25, 0.3) is 15.7 Å². The second-order valence-corrected chi connectivity index (χ2v) is 7.41. The van der Waals surface area contributed by atoms with E-state index in [4.69, 9.17) is 21.1 Å². The molecule has 1 aliphatic heterocycles. The Kier molecular flexibility index (Phi) is 4.81. The molecule has 0 fully saturated rings. The number of nitrogens with one attached hydrogen (secondary N) is 1. The summed E-state index contributed by atoms with van der Waals surface area (Å²) in [5.41, 5.74) is -1.24. The van der Waals surface area contributed by atoms with Crippen LogP contribution in [0.2, 0.25) is 5.02 Å². The van der Waals surface area contributed by atoms with Gasteiger partial charge in [-0.15, -0.1) is 0 Å². The molecule has 0 amide bonds. The van der Waals surface area contributed by atoms with Crippen LogP contribution in [0.3, 0.4) is 0 Å².